The van der Waals surface area contributed by atoms with Gasteiger partial charge in [0.1, 0.15) is 16.7 Å². The summed E-state index contributed by atoms with van der Waals surface area (Å²) in [6.45, 7) is 0. The van der Waals surface area contributed by atoms with E-state index in [1.54, 1.807) is 26.0 Å². The molecule has 6 heteroatoms. The van der Waals surface area contributed by atoms with Crippen molar-refractivity contribution in [3.63, 3.8) is 0 Å². The van der Waals surface area contributed by atoms with Gasteiger partial charge in [0, 0.05) is 23.1 Å². The summed E-state index contributed by atoms with van der Waals surface area (Å²) in [6, 6.07) is 5.56. The van der Waals surface area contributed by atoms with E-state index in [1.807, 2.05) is 18.2 Å². The molecule has 0 amide bonds. The van der Waals surface area contributed by atoms with Crippen LogP contribution in [-0.4, -0.2) is 24.2 Å². The normalized spacial score (nSPS) is 13.2. The number of halogens is 1. The van der Waals surface area contributed by atoms with E-state index in [1.165, 1.54) is 0 Å². The highest BCUT2D eigenvalue weighted by atomic mass is 35.5. The largest absolute Gasteiger partial charge is 0.497 e. The Morgan fingerprint density at radius 2 is 2.00 bits per heavy atom. The molecule has 0 saturated heterocycles. The predicted octanol–water partition coefficient (Wildman–Crippen LogP) is 3.56. The molecule has 20 heavy (non-hydrogen) atoms. The van der Waals surface area contributed by atoms with Crippen molar-refractivity contribution in [2.45, 2.75) is 11.5 Å². The summed E-state index contributed by atoms with van der Waals surface area (Å²) in [5.41, 5.74) is 2.88. The van der Waals surface area contributed by atoms with Crippen molar-refractivity contribution < 1.29 is 9.47 Å². The van der Waals surface area contributed by atoms with Crippen molar-refractivity contribution in [2.24, 2.45) is 0 Å². The summed E-state index contributed by atoms with van der Waals surface area (Å²) in [5, 5.41) is 0.535. The highest BCUT2D eigenvalue weighted by Gasteiger charge is 2.20. The van der Waals surface area contributed by atoms with Crippen LogP contribution in [0.25, 0.3) is 11.4 Å². The monoisotopic (exact) mass is 308 g/mol. The van der Waals surface area contributed by atoms with Crippen LogP contribution >= 0.6 is 23.4 Å². The van der Waals surface area contributed by atoms with Crippen molar-refractivity contribution in [2.75, 3.05) is 14.2 Å². The summed E-state index contributed by atoms with van der Waals surface area (Å²) in [6.07, 6.45) is 0. The molecule has 1 aliphatic heterocycles. The fourth-order valence-electron chi connectivity index (χ4n) is 2.12. The third kappa shape index (κ3) is 2.31. The molecule has 0 atom stereocenters. The molecule has 1 aliphatic rings. The number of thioether (sulfide) groups is 1. The van der Waals surface area contributed by atoms with Gasteiger partial charge < -0.3 is 9.47 Å². The van der Waals surface area contributed by atoms with E-state index in [4.69, 9.17) is 21.1 Å². The van der Waals surface area contributed by atoms with E-state index in [0.29, 0.717) is 16.7 Å². The topological polar surface area (TPSA) is 44.2 Å². The number of ether oxygens (including phenoxy) is 2. The minimum absolute atomic E-state index is 0.535. The molecule has 1 aromatic heterocycles. The van der Waals surface area contributed by atoms with Crippen LogP contribution in [0.2, 0.25) is 5.15 Å². The van der Waals surface area contributed by atoms with Crippen molar-refractivity contribution in [1.29, 1.82) is 0 Å². The number of methoxy groups -OCH3 is 2. The van der Waals surface area contributed by atoms with Crippen molar-refractivity contribution in [1.82, 2.24) is 9.97 Å². The zero-order valence-corrected chi connectivity index (χ0v) is 12.7. The number of fused-ring (bicyclic) bond motifs is 1. The Labute approximate surface area is 126 Å². The molecular weight excluding hydrogens is 296 g/mol. The molecule has 0 aliphatic carbocycles. The molecule has 0 bridgehead atoms. The maximum absolute atomic E-state index is 6.25. The van der Waals surface area contributed by atoms with E-state index < -0.39 is 0 Å². The van der Waals surface area contributed by atoms with Gasteiger partial charge >= 0.3 is 0 Å². The van der Waals surface area contributed by atoms with Crippen LogP contribution in [-0.2, 0) is 11.5 Å². The Bertz CT molecular complexity index is 664. The Morgan fingerprint density at radius 3 is 2.75 bits per heavy atom. The first-order chi connectivity index (χ1) is 9.72. The number of rotatable bonds is 3. The molecule has 2 heterocycles. The lowest BCUT2D eigenvalue weighted by molar-refractivity contribution is 0.395. The lowest BCUT2D eigenvalue weighted by Gasteiger charge is -2.11. The Balaban J connectivity index is 2.11. The lowest BCUT2D eigenvalue weighted by atomic mass is 10.1. The number of nitrogens with zero attached hydrogens (tertiary/aromatic N) is 2. The SMILES string of the molecule is COc1ccc(-c2nc(Cl)c3c(n2)CSC3)c(OC)c1. The molecular formula is C14H13ClN2O2S. The van der Waals surface area contributed by atoms with Gasteiger partial charge in [0.25, 0.3) is 0 Å². The lowest BCUT2D eigenvalue weighted by Crippen LogP contribution is -1.99. The Hall–Kier alpha value is -1.46. The van der Waals surface area contributed by atoms with Gasteiger partial charge in [-0.3, -0.25) is 0 Å². The second kappa shape index (κ2) is 5.50. The molecule has 0 unspecified atom stereocenters. The standard InChI is InChI=1S/C14H13ClN2O2S/c1-18-8-3-4-9(12(5-8)19-2)14-16-11-7-20-6-10(11)13(15)17-14/h3-5H,6-7H2,1-2H3. The molecule has 104 valence electrons. The van der Waals surface area contributed by atoms with E-state index in [9.17, 15) is 0 Å². The summed E-state index contributed by atoms with van der Waals surface area (Å²) in [7, 11) is 3.23. The van der Waals surface area contributed by atoms with Gasteiger partial charge in [-0.05, 0) is 12.1 Å². The molecule has 1 aromatic carbocycles. The number of benzene rings is 1. The van der Waals surface area contributed by atoms with Crippen LogP contribution < -0.4 is 9.47 Å². The van der Waals surface area contributed by atoms with Gasteiger partial charge in [-0.25, -0.2) is 9.97 Å². The molecule has 0 fully saturated rings. The molecule has 0 N–H and O–H groups in total. The van der Waals surface area contributed by atoms with Gasteiger partial charge in [0.15, 0.2) is 5.82 Å². The average Bonchev–Trinajstić information content (AvgIpc) is 2.95. The summed E-state index contributed by atoms with van der Waals surface area (Å²) < 4.78 is 10.6. The van der Waals surface area contributed by atoms with Gasteiger partial charge in [-0.1, -0.05) is 11.6 Å². The summed E-state index contributed by atoms with van der Waals surface area (Å²) >= 11 is 8.05. The third-order valence-corrected chi connectivity index (χ3v) is 4.46. The Kier molecular flexibility index (Phi) is 3.72. The quantitative estimate of drug-likeness (QED) is 0.811. The maximum atomic E-state index is 6.25. The van der Waals surface area contributed by atoms with E-state index in [2.05, 4.69) is 9.97 Å². The van der Waals surface area contributed by atoms with Gasteiger partial charge in [0.2, 0.25) is 0 Å². The van der Waals surface area contributed by atoms with Crippen LogP contribution in [0.3, 0.4) is 0 Å². The second-order valence-electron chi connectivity index (χ2n) is 4.32. The van der Waals surface area contributed by atoms with Crippen LogP contribution in [0.1, 0.15) is 11.3 Å². The first kappa shape index (κ1) is 13.5. The van der Waals surface area contributed by atoms with E-state index in [0.717, 1.165) is 34.1 Å². The molecule has 3 rings (SSSR count). The van der Waals surface area contributed by atoms with Crippen molar-refractivity contribution in [3.05, 3.63) is 34.6 Å². The molecule has 4 nitrogen and oxygen atoms in total. The number of hydrogen-bond acceptors (Lipinski definition) is 5. The average molecular weight is 309 g/mol. The van der Waals surface area contributed by atoms with E-state index in [-0.39, 0.29) is 0 Å². The highest BCUT2D eigenvalue weighted by molar-refractivity contribution is 7.98. The zero-order valence-electron chi connectivity index (χ0n) is 11.1. The summed E-state index contributed by atoms with van der Waals surface area (Å²) in [5.74, 6) is 3.76. The number of hydrogen-bond donors (Lipinski definition) is 0. The zero-order chi connectivity index (χ0) is 14.1. The number of aromatic nitrogens is 2. The van der Waals surface area contributed by atoms with Gasteiger partial charge in [0.05, 0.1) is 25.5 Å². The minimum Gasteiger partial charge on any atom is -0.497 e. The predicted molar refractivity (Wildman–Crippen MR) is 80.6 cm³/mol. The molecule has 0 spiro atoms. The van der Waals surface area contributed by atoms with Gasteiger partial charge in [-0.15, -0.1) is 0 Å². The van der Waals surface area contributed by atoms with Crippen molar-refractivity contribution >= 4 is 23.4 Å². The smallest absolute Gasteiger partial charge is 0.164 e. The molecule has 0 radical (unpaired) electrons. The fourth-order valence-corrected chi connectivity index (χ4v) is 3.49. The first-order valence-corrected chi connectivity index (χ1v) is 7.61. The first-order valence-electron chi connectivity index (χ1n) is 6.08. The van der Waals surface area contributed by atoms with Crippen LogP contribution in [0.4, 0.5) is 0 Å². The van der Waals surface area contributed by atoms with Gasteiger partial charge in [-0.2, -0.15) is 11.8 Å². The van der Waals surface area contributed by atoms with Crippen molar-refractivity contribution in [3.8, 4) is 22.9 Å². The highest BCUT2D eigenvalue weighted by Crippen LogP contribution is 2.37. The Morgan fingerprint density at radius 1 is 1.15 bits per heavy atom. The van der Waals surface area contributed by atoms with Crippen LogP contribution in [0.15, 0.2) is 18.2 Å². The maximum Gasteiger partial charge on any atom is 0.164 e. The second-order valence-corrected chi connectivity index (χ2v) is 5.67. The molecule has 0 saturated carbocycles. The minimum atomic E-state index is 0.535. The molecule has 2 aromatic rings. The summed E-state index contributed by atoms with van der Waals surface area (Å²) in [4.78, 5) is 9.01. The van der Waals surface area contributed by atoms with Crippen LogP contribution in [0.5, 0.6) is 11.5 Å². The fraction of sp³-hybridized carbons (Fsp3) is 0.286. The third-order valence-electron chi connectivity index (χ3n) is 3.18. The van der Waals surface area contributed by atoms with E-state index >= 15 is 0 Å². The van der Waals surface area contributed by atoms with Crippen LogP contribution in [0, 0.1) is 0 Å².